The van der Waals surface area contributed by atoms with Gasteiger partial charge in [0.15, 0.2) is 0 Å². The van der Waals surface area contributed by atoms with E-state index in [1.165, 1.54) is 0 Å². The Morgan fingerprint density at radius 3 is 2.56 bits per heavy atom. The molecule has 1 fully saturated rings. The average Bonchev–Trinajstić information content (AvgIpc) is 2.87. The van der Waals surface area contributed by atoms with Gasteiger partial charge in [-0.25, -0.2) is 9.78 Å². The molecule has 0 radical (unpaired) electrons. The minimum absolute atomic E-state index is 0.0783. The molecule has 3 heterocycles. The second-order valence-corrected chi connectivity index (χ2v) is 7.44. The number of piperazine rings is 1. The first-order valence-electron chi connectivity index (χ1n) is 9.36. The van der Waals surface area contributed by atoms with Crippen LogP contribution < -0.4 is 14.7 Å². The normalized spacial score (nSPS) is 17.6. The van der Waals surface area contributed by atoms with Gasteiger partial charge in [-0.3, -0.25) is 4.90 Å². The van der Waals surface area contributed by atoms with Crippen LogP contribution in [0, 0.1) is 0 Å². The van der Waals surface area contributed by atoms with E-state index in [0.717, 1.165) is 49.8 Å². The van der Waals surface area contributed by atoms with E-state index in [0.29, 0.717) is 18.1 Å². The molecule has 0 spiro atoms. The maximum Gasteiger partial charge on any atom is 0.324 e. The van der Waals surface area contributed by atoms with Crippen molar-refractivity contribution < 1.29 is 4.79 Å². The van der Waals surface area contributed by atoms with E-state index < -0.39 is 0 Å². The highest BCUT2D eigenvalue weighted by Crippen LogP contribution is 2.34. The van der Waals surface area contributed by atoms with E-state index >= 15 is 0 Å². The molecule has 1 aromatic heterocycles. The van der Waals surface area contributed by atoms with Crippen LogP contribution in [0.5, 0.6) is 0 Å². The SMILES string of the molecule is CN1CCCN(C(=O)N2CCN(c3ccccn3)CC2)c2ccc(Cl)cc21. The number of amides is 2. The summed E-state index contributed by atoms with van der Waals surface area (Å²) in [4.78, 5) is 25.9. The fourth-order valence-corrected chi connectivity index (χ4v) is 3.94. The van der Waals surface area contributed by atoms with Crippen molar-refractivity contribution in [2.75, 3.05) is 61.0 Å². The van der Waals surface area contributed by atoms with Crippen molar-refractivity contribution in [3.8, 4) is 0 Å². The van der Waals surface area contributed by atoms with Crippen LogP contribution in [0.25, 0.3) is 0 Å². The summed E-state index contributed by atoms with van der Waals surface area (Å²) >= 11 is 6.19. The van der Waals surface area contributed by atoms with Crippen molar-refractivity contribution in [1.82, 2.24) is 9.88 Å². The lowest BCUT2D eigenvalue weighted by molar-refractivity contribution is 0.201. The van der Waals surface area contributed by atoms with Gasteiger partial charge in [-0.1, -0.05) is 17.7 Å². The zero-order valence-corrected chi connectivity index (χ0v) is 16.3. The summed E-state index contributed by atoms with van der Waals surface area (Å²) in [6, 6.07) is 11.8. The Kier molecular flexibility index (Phi) is 5.07. The molecular formula is C20H24ClN5O. The molecule has 0 bridgehead atoms. The van der Waals surface area contributed by atoms with E-state index in [2.05, 4.69) is 21.8 Å². The quantitative estimate of drug-likeness (QED) is 0.755. The van der Waals surface area contributed by atoms with Gasteiger partial charge >= 0.3 is 6.03 Å². The van der Waals surface area contributed by atoms with Crippen molar-refractivity contribution >= 4 is 34.8 Å². The van der Waals surface area contributed by atoms with Gasteiger partial charge in [0, 0.05) is 57.5 Å². The number of benzene rings is 1. The van der Waals surface area contributed by atoms with Gasteiger partial charge < -0.3 is 14.7 Å². The van der Waals surface area contributed by atoms with Gasteiger partial charge in [0.25, 0.3) is 0 Å². The Morgan fingerprint density at radius 2 is 1.81 bits per heavy atom. The molecule has 0 unspecified atom stereocenters. The van der Waals surface area contributed by atoms with Crippen LogP contribution >= 0.6 is 11.6 Å². The van der Waals surface area contributed by atoms with Gasteiger partial charge in [-0.15, -0.1) is 0 Å². The summed E-state index contributed by atoms with van der Waals surface area (Å²) in [6.07, 6.45) is 2.74. The number of pyridine rings is 1. The van der Waals surface area contributed by atoms with Crippen molar-refractivity contribution in [2.24, 2.45) is 0 Å². The minimum atomic E-state index is 0.0783. The maximum atomic E-state index is 13.3. The molecule has 7 heteroatoms. The molecule has 4 rings (SSSR count). The highest BCUT2D eigenvalue weighted by molar-refractivity contribution is 6.31. The van der Waals surface area contributed by atoms with E-state index in [9.17, 15) is 4.79 Å². The van der Waals surface area contributed by atoms with Crippen molar-refractivity contribution in [3.05, 3.63) is 47.6 Å². The molecule has 0 atom stereocenters. The first kappa shape index (κ1) is 17.9. The van der Waals surface area contributed by atoms with Crippen LogP contribution in [-0.2, 0) is 0 Å². The van der Waals surface area contributed by atoms with Crippen LogP contribution in [0.15, 0.2) is 42.6 Å². The highest BCUT2D eigenvalue weighted by Gasteiger charge is 2.29. The molecule has 27 heavy (non-hydrogen) atoms. The summed E-state index contributed by atoms with van der Waals surface area (Å²) in [6.45, 7) is 4.62. The standard InChI is InChI=1S/C20H24ClN5O/c1-23-9-4-10-26(17-7-6-16(21)15-18(17)23)20(27)25-13-11-24(12-14-25)19-5-2-3-8-22-19/h2-3,5-8,15H,4,9-14H2,1H3. The monoisotopic (exact) mass is 385 g/mol. The third-order valence-electron chi connectivity index (χ3n) is 5.27. The smallest absolute Gasteiger partial charge is 0.324 e. The summed E-state index contributed by atoms with van der Waals surface area (Å²) in [5, 5.41) is 0.693. The average molecular weight is 386 g/mol. The molecule has 0 saturated carbocycles. The third-order valence-corrected chi connectivity index (χ3v) is 5.50. The molecule has 1 aromatic carbocycles. The van der Waals surface area contributed by atoms with Crippen LogP contribution in [-0.4, -0.2) is 62.2 Å². The van der Waals surface area contributed by atoms with E-state index in [1.807, 2.05) is 52.4 Å². The Bertz CT molecular complexity index is 807. The van der Waals surface area contributed by atoms with Crippen LogP contribution in [0.1, 0.15) is 6.42 Å². The number of anilines is 3. The summed E-state index contributed by atoms with van der Waals surface area (Å²) < 4.78 is 0. The highest BCUT2D eigenvalue weighted by atomic mass is 35.5. The summed E-state index contributed by atoms with van der Waals surface area (Å²) in [5.74, 6) is 0.973. The van der Waals surface area contributed by atoms with Crippen molar-refractivity contribution in [3.63, 3.8) is 0 Å². The lowest BCUT2D eigenvalue weighted by atomic mass is 10.2. The Morgan fingerprint density at radius 1 is 1.00 bits per heavy atom. The lowest BCUT2D eigenvalue weighted by Crippen LogP contribution is -2.53. The van der Waals surface area contributed by atoms with Gasteiger partial charge in [0.1, 0.15) is 5.82 Å². The topological polar surface area (TPSA) is 42.9 Å². The first-order valence-corrected chi connectivity index (χ1v) is 9.74. The Hall–Kier alpha value is -2.47. The van der Waals surface area contributed by atoms with Gasteiger partial charge in [0.05, 0.1) is 11.4 Å². The second-order valence-electron chi connectivity index (χ2n) is 7.00. The van der Waals surface area contributed by atoms with Gasteiger partial charge in [-0.2, -0.15) is 0 Å². The number of nitrogens with zero attached hydrogens (tertiary/aromatic N) is 5. The molecule has 142 valence electrons. The zero-order chi connectivity index (χ0) is 18.8. The predicted molar refractivity (Wildman–Crippen MR) is 110 cm³/mol. The second kappa shape index (κ2) is 7.64. The molecule has 6 nitrogen and oxygen atoms in total. The number of rotatable bonds is 1. The number of halogens is 1. The molecule has 2 aliphatic rings. The third kappa shape index (κ3) is 3.67. The number of carbonyl (C=O) groups excluding carboxylic acids is 1. The van der Waals surface area contributed by atoms with Crippen LogP contribution in [0.3, 0.4) is 0 Å². The van der Waals surface area contributed by atoms with Gasteiger partial charge in [0.2, 0.25) is 0 Å². The van der Waals surface area contributed by atoms with Crippen molar-refractivity contribution in [1.29, 1.82) is 0 Å². The lowest BCUT2D eigenvalue weighted by Gasteiger charge is -2.38. The number of hydrogen-bond acceptors (Lipinski definition) is 4. The zero-order valence-electron chi connectivity index (χ0n) is 15.5. The predicted octanol–water partition coefficient (Wildman–Crippen LogP) is 3.32. The van der Waals surface area contributed by atoms with E-state index in [-0.39, 0.29) is 6.03 Å². The van der Waals surface area contributed by atoms with E-state index in [1.54, 1.807) is 0 Å². The van der Waals surface area contributed by atoms with Crippen molar-refractivity contribution in [2.45, 2.75) is 6.42 Å². The molecule has 2 aromatic rings. The largest absolute Gasteiger partial charge is 0.373 e. The molecular weight excluding hydrogens is 362 g/mol. The molecule has 1 saturated heterocycles. The Labute approximate surface area is 164 Å². The van der Waals surface area contributed by atoms with Crippen LogP contribution in [0.4, 0.5) is 22.0 Å². The first-order chi connectivity index (χ1) is 13.1. The molecule has 2 amide bonds. The number of aromatic nitrogens is 1. The fourth-order valence-electron chi connectivity index (χ4n) is 3.77. The van der Waals surface area contributed by atoms with E-state index in [4.69, 9.17) is 11.6 Å². The van der Waals surface area contributed by atoms with Crippen LogP contribution in [0.2, 0.25) is 5.02 Å². The molecule has 0 N–H and O–H groups in total. The molecule has 2 aliphatic heterocycles. The molecule has 0 aliphatic carbocycles. The Balaban J connectivity index is 1.49. The summed E-state index contributed by atoms with van der Waals surface area (Å²) in [7, 11) is 2.05. The van der Waals surface area contributed by atoms with Gasteiger partial charge in [-0.05, 0) is 36.8 Å². The maximum absolute atomic E-state index is 13.3. The summed E-state index contributed by atoms with van der Waals surface area (Å²) in [5.41, 5.74) is 1.96. The number of hydrogen-bond donors (Lipinski definition) is 0. The fraction of sp³-hybridized carbons (Fsp3) is 0.400. The number of carbonyl (C=O) groups is 1. The minimum Gasteiger partial charge on any atom is -0.373 e. The number of urea groups is 1. The number of fused-ring (bicyclic) bond motifs is 1.